The lowest BCUT2D eigenvalue weighted by molar-refractivity contribution is -0.121. The topological polar surface area (TPSA) is 85.9 Å². The molecule has 1 unspecified atom stereocenters. The van der Waals surface area contributed by atoms with Crippen molar-refractivity contribution in [2.24, 2.45) is 5.92 Å². The van der Waals surface area contributed by atoms with E-state index in [1.165, 1.54) is 0 Å². The molecule has 2 amide bonds. The highest BCUT2D eigenvalue weighted by Crippen LogP contribution is 2.51. The Balaban J connectivity index is 1.46. The van der Waals surface area contributed by atoms with Crippen LogP contribution in [0.15, 0.2) is 0 Å². The highest BCUT2D eigenvalue weighted by Gasteiger charge is 2.48. The largest absolute Gasteiger partial charge is 0.448 e. The highest BCUT2D eigenvalue weighted by atomic mass is 16.7. The standard InChI is InChI=1S/C24H34N2O5/c1-13-17-11-12-25-21(27)18(17)14(2)20-19(13)29-24(6,30-20)15-7-9-16(10-8-15)26-22(28)31-23(3,4)5/h15-16H,7-12H2,1-6H3,(H,25,27)(H,26,28)/t15-,16-,24?. The van der Waals surface area contributed by atoms with Gasteiger partial charge in [0.25, 0.3) is 11.7 Å². The number of carbonyl (C=O) groups is 2. The Hall–Kier alpha value is -2.44. The number of amides is 2. The number of carbonyl (C=O) groups excluding carboxylic acids is 2. The van der Waals surface area contributed by atoms with E-state index >= 15 is 0 Å². The summed E-state index contributed by atoms with van der Waals surface area (Å²) >= 11 is 0. The number of hydrogen-bond acceptors (Lipinski definition) is 5. The molecule has 0 aromatic heterocycles. The van der Waals surface area contributed by atoms with E-state index in [1.807, 2.05) is 41.5 Å². The number of benzene rings is 1. The van der Waals surface area contributed by atoms with Crippen molar-refractivity contribution >= 4 is 12.0 Å². The lowest BCUT2D eigenvalue weighted by Gasteiger charge is -2.37. The normalized spacial score (nSPS) is 27.4. The van der Waals surface area contributed by atoms with Gasteiger partial charge in [0.2, 0.25) is 0 Å². The maximum atomic E-state index is 12.5. The van der Waals surface area contributed by atoms with Crippen LogP contribution < -0.4 is 20.1 Å². The third-order valence-corrected chi connectivity index (χ3v) is 6.70. The molecule has 0 bridgehead atoms. The molecule has 1 saturated carbocycles. The van der Waals surface area contributed by atoms with E-state index in [-0.39, 0.29) is 24.0 Å². The zero-order valence-corrected chi connectivity index (χ0v) is 19.4. The van der Waals surface area contributed by atoms with Gasteiger partial charge in [-0.3, -0.25) is 4.79 Å². The van der Waals surface area contributed by atoms with Crippen LogP contribution in [-0.2, 0) is 11.2 Å². The Morgan fingerprint density at radius 3 is 2.32 bits per heavy atom. The molecule has 170 valence electrons. The zero-order valence-electron chi connectivity index (χ0n) is 19.4. The van der Waals surface area contributed by atoms with Crippen molar-refractivity contribution in [2.75, 3.05) is 6.54 Å². The van der Waals surface area contributed by atoms with Gasteiger partial charge in [-0.05, 0) is 77.8 Å². The number of hydrogen-bond donors (Lipinski definition) is 2. The molecule has 4 rings (SSSR count). The van der Waals surface area contributed by atoms with E-state index in [1.54, 1.807) is 0 Å². The van der Waals surface area contributed by atoms with Gasteiger partial charge in [0.05, 0.1) is 0 Å². The van der Waals surface area contributed by atoms with E-state index in [4.69, 9.17) is 14.2 Å². The first-order chi connectivity index (χ1) is 14.5. The molecule has 0 saturated heterocycles. The summed E-state index contributed by atoms with van der Waals surface area (Å²) in [4.78, 5) is 24.6. The molecule has 7 nitrogen and oxygen atoms in total. The number of fused-ring (bicyclic) bond motifs is 2. The summed E-state index contributed by atoms with van der Waals surface area (Å²) in [5.41, 5.74) is 3.17. The molecular formula is C24H34N2O5. The van der Waals surface area contributed by atoms with Gasteiger partial charge < -0.3 is 24.8 Å². The average molecular weight is 431 g/mol. The number of alkyl carbamates (subject to hydrolysis) is 1. The molecule has 1 aromatic rings. The molecule has 1 atom stereocenters. The predicted octanol–water partition coefficient (Wildman–Crippen LogP) is 4.16. The Morgan fingerprint density at radius 1 is 1.10 bits per heavy atom. The second-order valence-electron chi connectivity index (χ2n) is 10.2. The maximum Gasteiger partial charge on any atom is 0.407 e. The van der Waals surface area contributed by atoms with Crippen LogP contribution in [0.4, 0.5) is 4.79 Å². The average Bonchev–Trinajstić information content (AvgIpc) is 3.04. The molecule has 0 radical (unpaired) electrons. The van der Waals surface area contributed by atoms with Gasteiger partial charge in [-0.25, -0.2) is 4.79 Å². The van der Waals surface area contributed by atoms with E-state index < -0.39 is 11.4 Å². The summed E-state index contributed by atoms with van der Waals surface area (Å²) in [6, 6.07) is 0.0953. The molecule has 2 aliphatic heterocycles. The van der Waals surface area contributed by atoms with Crippen LogP contribution in [0.1, 0.15) is 80.4 Å². The SMILES string of the molecule is Cc1c2c(c(C)c3c1OC(C)([C@H]1CC[C@H](NC(=O)OC(C)(C)C)CC1)O3)C(=O)NCC2. The van der Waals surface area contributed by atoms with E-state index in [0.717, 1.165) is 60.1 Å². The van der Waals surface area contributed by atoms with Crippen molar-refractivity contribution in [3.05, 3.63) is 22.3 Å². The second kappa shape index (κ2) is 7.61. The minimum absolute atomic E-state index is 0.0319. The minimum atomic E-state index is -0.769. The molecule has 2 heterocycles. The van der Waals surface area contributed by atoms with Crippen molar-refractivity contribution in [1.82, 2.24) is 10.6 Å². The van der Waals surface area contributed by atoms with Gasteiger partial charge in [0.1, 0.15) is 5.60 Å². The minimum Gasteiger partial charge on any atom is -0.448 e. The van der Waals surface area contributed by atoms with Crippen molar-refractivity contribution < 1.29 is 23.8 Å². The molecule has 1 aliphatic carbocycles. The molecule has 2 N–H and O–H groups in total. The van der Waals surface area contributed by atoms with Gasteiger partial charge in [-0.1, -0.05) is 0 Å². The van der Waals surface area contributed by atoms with Gasteiger partial charge in [-0.2, -0.15) is 0 Å². The zero-order chi connectivity index (χ0) is 22.6. The number of nitrogens with one attached hydrogen (secondary N) is 2. The van der Waals surface area contributed by atoms with Crippen LogP contribution >= 0.6 is 0 Å². The first-order valence-corrected chi connectivity index (χ1v) is 11.3. The van der Waals surface area contributed by atoms with Crippen LogP contribution in [-0.4, -0.2) is 36.0 Å². The Kier molecular flexibility index (Phi) is 5.34. The maximum absolute atomic E-state index is 12.5. The molecule has 0 spiro atoms. The molecule has 1 fully saturated rings. The van der Waals surface area contributed by atoms with Gasteiger partial charge in [-0.15, -0.1) is 0 Å². The van der Waals surface area contributed by atoms with E-state index in [0.29, 0.717) is 12.3 Å². The van der Waals surface area contributed by atoms with Crippen LogP contribution in [0, 0.1) is 19.8 Å². The van der Waals surface area contributed by atoms with Gasteiger partial charge in [0, 0.05) is 36.6 Å². The van der Waals surface area contributed by atoms with E-state index in [2.05, 4.69) is 10.6 Å². The summed E-state index contributed by atoms with van der Waals surface area (Å²) in [5.74, 6) is 0.874. The molecule has 1 aromatic carbocycles. The lowest BCUT2D eigenvalue weighted by Crippen LogP contribution is -2.48. The predicted molar refractivity (Wildman–Crippen MR) is 117 cm³/mol. The fraction of sp³-hybridized carbons (Fsp3) is 0.667. The number of ether oxygens (including phenoxy) is 3. The fourth-order valence-corrected chi connectivity index (χ4v) is 5.09. The van der Waals surface area contributed by atoms with Crippen molar-refractivity contribution in [1.29, 1.82) is 0 Å². The lowest BCUT2D eigenvalue weighted by atomic mass is 9.81. The smallest absolute Gasteiger partial charge is 0.407 e. The monoisotopic (exact) mass is 430 g/mol. The Bertz CT molecular complexity index is 912. The summed E-state index contributed by atoms with van der Waals surface area (Å²) in [6.07, 6.45) is 3.89. The van der Waals surface area contributed by atoms with Crippen LogP contribution in [0.5, 0.6) is 11.5 Å². The molecular weight excluding hydrogens is 396 g/mol. The first-order valence-electron chi connectivity index (χ1n) is 11.3. The van der Waals surface area contributed by atoms with Crippen molar-refractivity contribution in [2.45, 2.75) is 91.1 Å². The molecule has 3 aliphatic rings. The fourth-order valence-electron chi connectivity index (χ4n) is 5.09. The summed E-state index contributed by atoms with van der Waals surface area (Å²) in [6.45, 7) is 12.2. The Labute approximate surface area is 184 Å². The van der Waals surface area contributed by atoms with Crippen molar-refractivity contribution in [3.8, 4) is 11.5 Å². The highest BCUT2D eigenvalue weighted by molar-refractivity contribution is 6.00. The van der Waals surface area contributed by atoms with Crippen LogP contribution in [0.2, 0.25) is 0 Å². The van der Waals surface area contributed by atoms with Crippen LogP contribution in [0.3, 0.4) is 0 Å². The third kappa shape index (κ3) is 4.06. The van der Waals surface area contributed by atoms with E-state index in [9.17, 15) is 9.59 Å². The molecule has 31 heavy (non-hydrogen) atoms. The Morgan fingerprint density at radius 2 is 1.71 bits per heavy atom. The summed E-state index contributed by atoms with van der Waals surface area (Å²) in [7, 11) is 0. The van der Waals surface area contributed by atoms with Gasteiger partial charge in [0.15, 0.2) is 11.5 Å². The first kappa shape index (κ1) is 21.8. The van der Waals surface area contributed by atoms with Crippen molar-refractivity contribution in [3.63, 3.8) is 0 Å². The summed E-state index contributed by atoms with van der Waals surface area (Å²) in [5, 5.41) is 5.93. The summed E-state index contributed by atoms with van der Waals surface area (Å²) < 4.78 is 18.3. The van der Waals surface area contributed by atoms with Gasteiger partial charge >= 0.3 is 6.09 Å². The second-order valence-corrected chi connectivity index (χ2v) is 10.2. The molecule has 7 heteroatoms. The van der Waals surface area contributed by atoms with Crippen LogP contribution in [0.25, 0.3) is 0 Å². The quantitative estimate of drug-likeness (QED) is 0.736. The number of rotatable bonds is 2. The third-order valence-electron chi connectivity index (χ3n) is 6.70.